The fraction of sp³-hybridized carbons (Fsp3) is 0.467. The summed E-state index contributed by atoms with van der Waals surface area (Å²) in [7, 11) is -3.73. The maximum Gasteiger partial charge on any atom is 0.241 e. The molecule has 2 rings (SSSR count). The average molecular weight is 312 g/mol. The van der Waals surface area contributed by atoms with Crippen molar-refractivity contribution in [2.45, 2.75) is 43.9 Å². The van der Waals surface area contributed by atoms with Crippen LogP contribution in [0.4, 0.5) is 10.1 Å². The first-order valence-corrected chi connectivity index (χ1v) is 8.61. The Kier molecular flexibility index (Phi) is 5.00. The Morgan fingerprint density at radius 1 is 1.33 bits per heavy atom. The number of rotatable bonds is 5. The molecule has 1 aromatic rings. The average Bonchev–Trinajstić information content (AvgIpc) is 2.43. The van der Waals surface area contributed by atoms with Gasteiger partial charge in [0.15, 0.2) is 0 Å². The van der Waals surface area contributed by atoms with E-state index in [1.165, 1.54) is 25.0 Å². The van der Waals surface area contributed by atoms with Gasteiger partial charge in [-0.1, -0.05) is 11.6 Å². The molecule has 0 unspecified atom stereocenters. The lowest BCUT2D eigenvalue weighted by Gasteiger charge is -2.14. The largest absolute Gasteiger partial charge is 0.399 e. The van der Waals surface area contributed by atoms with E-state index in [2.05, 4.69) is 10.8 Å². The molecule has 3 N–H and O–H groups in total. The zero-order valence-electron chi connectivity index (χ0n) is 12.2. The van der Waals surface area contributed by atoms with Crippen molar-refractivity contribution in [2.75, 3.05) is 12.3 Å². The molecule has 0 heterocycles. The lowest BCUT2D eigenvalue weighted by molar-refractivity contribution is 0.573. The SMILES string of the molecule is Cc1c(F)cc(N)cc1S(=O)(=O)NCCC1=CCCCC1. The van der Waals surface area contributed by atoms with Crippen LogP contribution in [-0.2, 0) is 10.0 Å². The third kappa shape index (κ3) is 4.04. The third-order valence-electron chi connectivity index (χ3n) is 3.73. The predicted molar refractivity (Wildman–Crippen MR) is 81.9 cm³/mol. The quantitative estimate of drug-likeness (QED) is 0.648. The van der Waals surface area contributed by atoms with Gasteiger partial charge in [0.25, 0.3) is 0 Å². The molecule has 116 valence electrons. The standard InChI is InChI=1S/C15H21FN2O2S/c1-11-14(16)9-13(17)10-15(11)21(19,20)18-8-7-12-5-3-2-4-6-12/h5,9-10,18H,2-4,6-8,17H2,1H3. The van der Waals surface area contributed by atoms with Crippen LogP contribution in [0.2, 0.25) is 0 Å². The van der Waals surface area contributed by atoms with Crippen LogP contribution in [0.1, 0.15) is 37.7 Å². The number of anilines is 1. The summed E-state index contributed by atoms with van der Waals surface area (Å²) in [6.45, 7) is 1.76. The summed E-state index contributed by atoms with van der Waals surface area (Å²) in [5, 5.41) is 0. The summed E-state index contributed by atoms with van der Waals surface area (Å²) < 4.78 is 40.6. The van der Waals surface area contributed by atoms with Gasteiger partial charge in [-0.05, 0) is 51.2 Å². The van der Waals surface area contributed by atoms with Crippen molar-refractivity contribution in [1.29, 1.82) is 0 Å². The van der Waals surface area contributed by atoms with E-state index in [1.807, 2.05) is 0 Å². The minimum absolute atomic E-state index is 0.0855. The van der Waals surface area contributed by atoms with Crippen LogP contribution in [0.5, 0.6) is 0 Å². The molecule has 21 heavy (non-hydrogen) atoms. The molecule has 0 radical (unpaired) electrons. The van der Waals surface area contributed by atoms with Crippen LogP contribution in [0, 0.1) is 12.7 Å². The molecule has 6 heteroatoms. The second-order valence-corrected chi connectivity index (χ2v) is 7.12. The van der Waals surface area contributed by atoms with Crippen molar-refractivity contribution in [3.63, 3.8) is 0 Å². The first kappa shape index (κ1) is 16.0. The van der Waals surface area contributed by atoms with E-state index < -0.39 is 15.8 Å². The number of allylic oxidation sites excluding steroid dienone is 1. The van der Waals surface area contributed by atoms with E-state index in [1.54, 1.807) is 0 Å². The van der Waals surface area contributed by atoms with Gasteiger partial charge >= 0.3 is 0 Å². The molecule has 1 aliphatic rings. The fourth-order valence-electron chi connectivity index (χ4n) is 2.51. The van der Waals surface area contributed by atoms with E-state index in [4.69, 9.17) is 5.73 Å². The molecule has 0 aliphatic heterocycles. The highest BCUT2D eigenvalue weighted by Crippen LogP contribution is 2.22. The number of hydrogen-bond acceptors (Lipinski definition) is 3. The van der Waals surface area contributed by atoms with Crippen molar-refractivity contribution in [1.82, 2.24) is 4.72 Å². The molecule has 1 aliphatic carbocycles. The van der Waals surface area contributed by atoms with E-state index in [9.17, 15) is 12.8 Å². The van der Waals surface area contributed by atoms with Gasteiger partial charge in [-0.15, -0.1) is 0 Å². The van der Waals surface area contributed by atoms with Gasteiger partial charge in [0, 0.05) is 17.8 Å². The number of nitrogens with one attached hydrogen (secondary N) is 1. The van der Waals surface area contributed by atoms with Crippen LogP contribution in [0.15, 0.2) is 28.7 Å². The zero-order valence-corrected chi connectivity index (χ0v) is 13.0. The zero-order chi connectivity index (χ0) is 15.5. The number of benzene rings is 1. The van der Waals surface area contributed by atoms with Crippen molar-refractivity contribution >= 4 is 15.7 Å². The lowest BCUT2D eigenvalue weighted by atomic mass is 9.97. The Bertz CT molecular complexity index is 654. The normalized spacial score (nSPS) is 15.8. The van der Waals surface area contributed by atoms with Gasteiger partial charge in [-0.25, -0.2) is 17.5 Å². The number of nitrogens with two attached hydrogens (primary N) is 1. The fourth-order valence-corrected chi connectivity index (χ4v) is 3.83. The van der Waals surface area contributed by atoms with Crippen LogP contribution in [0.25, 0.3) is 0 Å². The number of halogens is 1. The highest BCUT2D eigenvalue weighted by molar-refractivity contribution is 7.89. The summed E-state index contributed by atoms with van der Waals surface area (Å²) in [4.78, 5) is -0.0855. The van der Waals surface area contributed by atoms with Crippen LogP contribution in [-0.4, -0.2) is 15.0 Å². The molecular weight excluding hydrogens is 291 g/mol. The number of hydrogen-bond donors (Lipinski definition) is 2. The third-order valence-corrected chi connectivity index (χ3v) is 5.32. The molecule has 4 nitrogen and oxygen atoms in total. The molecule has 0 spiro atoms. The smallest absolute Gasteiger partial charge is 0.241 e. The summed E-state index contributed by atoms with van der Waals surface area (Å²) >= 11 is 0. The maximum atomic E-state index is 13.6. The Labute approximate surface area is 125 Å². The predicted octanol–water partition coefficient (Wildman–Crippen LogP) is 2.89. The van der Waals surface area contributed by atoms with E-state index in [0.717, 1.165) is 25.3 Å². The minimum atomic E-state index is -3.73. The molecule has 1 aromatic carbocycles. The first-order valence-electron chi connectivity index (χ1n) is 7.13. The highest BCUT2D eigenvalue weighted by Gasteiger charge is 2.19. The molecule has 0 saturated heterocycles. The lowest BCUT2D eigenvalue weighted by Crippen LogP contribution is -2.26. The van der Waals surface area contributed by atoms with Crippen LogP contribution in [0.3, 0.4) is 0 Å². The molecule has 0 fully saturated rings. The number of sulfonamides is 1. The Morgan fingerprint density at radius 2 is 2.10 bits per heavy atom. The van der Waals surface area contributed by atoms with E-state index in [0.29, 0.717) is 13.0 Å². The van der Waals surface area contributed by atoms with Crippen molar-refractivity contribution in [3.8, 4) is 0 Å². The van der Waals surface area contributed by atoms with Crippen molar-refractivity contribution in [2.24, 2.45) is 0 Å². The van der Waals surface area contributed by atoms with Gasteiger partial charge in [-0.3, -0.25) is 0 Å². The number of nitrogen functional groups attached to an aromatic ring is 1. The van der Waals surface area contributed by atoms with Crippen molar-refractivity contribution in [3.05, 3.63) is 35.2 Å². The topological polar surface area (TPSA) is 72.2 Å². The molecule has 0 aromatic heterocycles. The first-order chi connectivity index (χ1) is 9.90. The summed E-state index contributed by atoms with van der Waals surface area (Å²) in [5.41, 5.74) is 7.02. The van der Waals surface area contributed by atoms with Gasteiger partial charge in [0.05, 0.1) is 4.90 Å². The second kappa shape index (κ2) is 6.58. The molecule has 0 saturated carbocycles. The van der Waals surface area contributed by atoms with Crippen molar-refractivity contribution < 1.29 is 12.8 Å². The molecule has 0 bridgehead atoms. The van der Waals surface area contributed by atoms with E-state index in [-0.39, 0.29) is 16.1 Å². The van der Waals surface area contributed by atoms with Gasteiger partial charge in [0.2, 0.25) is 10.0 Å². The monoisotopic (exact) mass is 312 g/mol. The Hall–Kier alpha value is -1.40. The summed E-state index contributed by atoms with van der Waals surface area (Å²) in [6, 6.07) is 2.42. The molecule has 0 atom stereocenters. The van der Waals surface area contributed by atoms with E-state index >= 15 is 0 Å². The summed E-state index contributed by atoms with van der Waals surface area (Å²) in [5.74, 6) is -0.606. The van der Waals surface area contributed by atoms with Gasteiger partial charge < -0.3 is 5.73 Å². The minimum Gasteiger partial charge on any atom is -0.399 e. The molecule has 0 amide bonds. The Morgan fingerprint density at radius 3 is 2.76 bits per heavy atom. The Balaban J connectivity index is 2.06. The van der Waals surface area contributed by atoms with Crippen LogP contribution < -0.4 is 10.5 Å². The van der Waals surface area contributed by atoms with Gasteiger partial charge in [0.1, 0.15) is 5.82 Å². The highest BCUT2D eigenvalue weighted by atomic mass is 32.2. The maximum absolute atomic E-state index is 13.6. The van der Waals surface area contributed by atoms with Gasteiger partial charge in [-0.2, -0.15) is 0 Å². The van der Waals surface area contributed by atoms with Crippen LogP contribution >= 0.6 is 0 Å². The second-order valence-electron chi connectivity index (χ2n) is 5.38. The molecular formula is C15H21FN2O2S. The summed E-state index contributed by atoms with van der Waals surface area (Å²) in [6.07, 6.45) is 7.36.